The van der Waals surface area contributed by atoms with Gasteiger partial charge in [0.1, 0.15) is 0 Å². The number of rotatable bonds is 5. The van der Waals surface area contributed by atoms with Crippen molar-refractivity contribution >= 4 is 17.4 Å². The molecular weight excluding hydrogens is 278 g/mol. The van der Waals surface area contributed by atoms with Crippen LogP contribution >= 0.6 is 0 Å². The molecule has 1 aromatic carbocycles. The topological polar surface area (TPSA) is 75.4 Å². The van der Waals surface area contributed by atoms with Crippen molar-refractivity contribution in [3.63, 3.8) is 0 Å². The molecule has 1 aromatic rings. The number of nitrogens with one attached hydrogen (secondary N) is 1. The first-order chi connectivity index (χ1) is 10.5. The lowest BCUT2D eigenvalue weighted by molar-refractivity contribution is -0.117. The Kier molecular flexibility index (Phi) is 5.69. The summed E-state index contributed by atoms with van der Waals surface area (Å²) in [5.41, 5.74) is 7.10. The van der Waals surface area contributed by atoms with Crippen LogP contribution in [0.3, 0.4) is 0 Å². The molecule has 1 amide bonds. The van der Waals surface area contributed by atoms with Crippen molar-refractivity contribution in [3.8, 4) is 0 Å². The van der Waals surface area contributed by atoms with Crippen molar-refractivity contribution in [1.82, 2.24) is 4.90 Å². The number of benzene rings is 1. The van der Waals surface area contributed by atoms with Crippen molar-refractivity contribution in [2.75, 3.05) is 25.0 Å². The summed E-state index contributed by atoms with van der Waals surface area (Å²) in [6, 6.07) is 7.25. The van der Waals surface area contributed by atoms with E-state index in [0.717, 1.165) is 25.9 Å². The van der Waals surface area contributed by atoms with E-state index in [4.69, 9.17) is 5.73 Å². The fraction of sp³-hybridized carbons (Fsp3) is 0.529. The summed E-state index contributed by atoms with van der Waals surface area (Å²) < 4.78 is 0. The van der Waals surface area contributed by atoms with E-state index in [2.05, 4.69) is 10.2 Å². The number of hydrogen-bond donors (Lipinski definition) is 2. The summed E-state index contributed by atoms with van der Waals surface area (Å²) in [5.74, 6) is 0.316. The molecule has 1 aliphatic heterocycles. The highest BCUT2D eigenvalue weighted by molar-refractivity contribution is 6.04. The second kappa shape index (κ2) is 7.51. The molecule has 120 valence electrons. The van der Waals surface area contributed by atoms with Crippen LogP contribution in [0.25, 0.3) is 0 Å². The zero-order valence-electron chi connectivity index (χ0n) is 13.3. The molecule has 1 saturated heterocycles. The van der Waals surface area contributed by atoms with Gasteiger partial charge in [-0.2, -0.15) is 0 Å². The molecule has 0 saturated carbocycles. The van der Waals surface area contributed by atoms with Crippen molar-refractivity contribution < 1.29 is 9.59 Å². The zero-order valence-corrected chi connectivity index (χ0v) is 13.3. The minimum atomic E-state index is -0.0842. The third-order valence-electron chi connectivity index (χ3n) is 4.23. The Hall–Kier alpha value is -1.72. The molecule has 5 heteroatoms. The first-order valence-corrected chi connectivity index (χ1v) is 7.85. The number of piperidine rings is 1. The van der Waals surface area contributed by atoms with Gasteiger partial charge in [0, 0.05) is 18.2 Å². The van der Waals surface area contributed by atoms with E-state index in [1.165, 1.54) is 6.92 Å². The molecule has 5 nitrogen and oxygen atoms in total. The number of Topliss-reactive ketones (excluding diaryl/α,β-unsaturated/α-hetero) is 1. The summed E-state index contributed by atoms with van der Waals surface area (Å²) in [6.45, 7) is 5.65. The highest BCUT2D eigenvalue weighted by Crippen LogP contribution is 2.19. The number of hydrogen-bond acceptors (Lipinski definition) is 4. The van der Waals surface area contributed by atoms with Gasteiger partial charge in [0.2, 0.25) is 5.91 Å². The van der Waals surface area contributed by atoms with Crippen LogP contribution in [-0.4, -0.2) is 42.3 Å². The molecule has 2 unspecified atom stereocenters. The van der Waals surface area contributed by atoms with Gasteiger partial charge >= 0.3 is 0 Å². The molecule has 0 spiro atoms. The second-order valence-electron chi connectivity index (χ2n) is 6.15. The van der Waals surface area contributed by atoms with E-state index >= 15 is 0 Å². The van der Waals surface area contributed by atoms with Crippen LogP contribution in [0.1, 0.15) is 37.0 Å². The Morgan fingerprint density at radius 2 is 2.14 bits per heavy atom. The SMILES string of the molecule is CC(=O)c1ccccc1NC(=O)CN1CCCC(C(C)N)C1. The summed E-state index contributed by atoms with van der Waals surface area (Å²) in [5, 5.41) is 2.85. The normalized spacial score (nSPS) is 20.4. The molecule has 2 rings (SSSR count). The first kappa shape index (κ1) is 16.6. The van der Waals surface area contributed by atoms with Crippen LogP contribution < -0.4 is 11.1 Å². The number of nitrogens with two attached hydrogens (primary N) is 1. The number of carbonyl (C=O) groups excluding carboxylic acids is 2. The molecule has 0 aromatic heterocycles. The summed E-state index contributed by atoms with van der Waals surface area (Å²) >= 11 is 0. The minimum absolute atomic E-state index is 0.0501. The maximum Gasteiger partial charge on any atom is 0.238 e. The molecule has 2 atom stereocenters. The molecule has 3 N–H and O–H groups in total. The largest absolute Gasteiger partial charge is 0.328 e. The highest BCUT2D eigenvalue weighted by Gasteiger charge is 2.24. The van der Waals surface area contributed by atoms with Gasteiger partial charge in [-0.15, -0.1) is 0 Å². The number of ketones is 1. The van der Waals surface area contributed by atoms with E-state index in [-0.39, 0.29) is 17.7 Å². The van der Waals surface area contributed by atoms with Crippen LogP contribution in [0, 0.1) is 5.92 Å². The Morgan fingerprint density at radius 1 is 1.41 bits per heavy atom. The van der Waals surface area contributed by atoms with Crippen molar-refractivity contribution in [3.05, 3.63) is 29.8 Å². The lowest BCUT2D eigenvalue weighted by Crippen LogP contribution is -2.45. The Morgan fingerprint density at radius 3 is 2.82 bits per heavy atom. The second-order valence-corrected chi connectivity index (χ2v) is 6.15. The van der Waals surface area contributed by atoms with Crippen LogP contribution in [0.5, 0.6) is 0 Å². The summed E-state index contributed by atoms with van der Waals surface area (Å²) in [4.78, 5) is 26.0. The molecule has 22 heavy (non-hydrogen) atoms. The number of nitrogens with zero attached hydrogens (tertiary/aromatic N) is 1. The van der Waals surface area contributed by atoms with Crippen molar-refractivity contribution in [2.45, 2.75) is 32.7 Å². The lowest BCUT2D eigenvalue weighted by atomic mass is 9.92. The molecule has 0 radical (unpaired) electrons. The predicted octanol–water partition coefficient (Wildman–Crippen LogP) is 1.89. The van der Waals surface area contributed by atoms with Gasteiger partial charge in [0.05, 0.1) is 12.2 Å². The third-order valence-corrected chi connectivity index (χ3v) is 4.23. The Balaban J connectivity index is 1.94. The average Bonchev–Trinajstić information content (AvgIpc) is 2.47. The van der Waals surface area contributed by atoms with Gasteiger partial charge in [-0.1, -0.05) is 12.1 Å². The maximum absolute atomic E-state index is 12.2. The Bertz CT molecular complexity index is 542. The predicted molar refractivity (Wildman–Crippen MR) is 87.9 cm³/mol. The molecule has 0 aliphatic carbocycles. The quantitative estimate of drug-likeness (QED) is 0.815. The Labute approximate surface area is 131 Å². The molecule has 1 aliphatic rings. The number of likely N-dealkylation sites (tertiary alicyclic amines) is 1. The van der Waals surface area contributed by atoms with E-state index in [1.807, 2.05) is 13.0 Å². The minimum Gasteiger partial charge on any atom is -0.328 e. The van der Waals surface area contributed by atoms with Gasteiger partial charge in [-0.05, 0) is 51.3 Å². The van der Waals surface area contributed by atoms with Crippen LogP contribution in [0.4, 0.5) is 5.69 Å². The fourth-order valence-corrected chi connectivity index (χ4v) is 2.96. The zero-order chi connectivity index (χ0) is 16.1. The van der Waals surface area contributed by atoms with Gasteiger partial charge in [0.15, 0.2) is 5.78 Å². The van der Waals surface area contributed by atoms with Gasteiger partial charge < -0.3 is 11.1 Å². The van der Waals surface area contributed by atoms with Crippen LogP contribution in [0.15, 0.2) is 24.3 Å². The van der Waals surface area contributed by atoms with Crippen molar-refractivity contribution in [1.29, 1.82) is 0 Å². The van der Waals surface area contributed by atoms with Gasteiger partial charge in [-0.3, -0.25) is 14.5 Å². The number of para-hydroxylation sites is 1. The molecule has 1 fully saturated rings. The smallest absolute Gasteiger partial charge is 0.238 e. The van der Waals surface area contributed by atoms with Crippen molar-refractivity contribution in [2.24, 2.45) is 11.7 Å². The van der Waals surface area contributed by atoms with Crippen LogP contribution in [0.2, 0.25) is 0 Å². The number of amides is 1. The first-order valence-electron chi connectivity index (χ1n) is 7.85. The lowest BCUT2D eigenvalue weighted by Gasteiger charge is -2.34. The van der Waals surface area contributed by atoms with E-state index < -0.39 is 0 Å². The monoisotopic (exact) mass is 303 g/mol. The van der Waals surface area contributed by atoms with E-state index in [1.54, 1.807) is 18.2 Å². The standard InChI is InChI=1S/C17H25N3O2/c1-12(18)14-6-5-9-20(10-14)11-17(22)19-16-8-4-3-7-15(16)13(2)21/h3-4,7-8,12,14H,5-6,9-11,18H2,1-2H3,(H,19,22). The number of carbonyl (C=O) groups is 2. The number of anilines is 1. The summed E-state index contributed by atoms with van der Waals surface area (Å²) in [7, 11) is 0. The molecular formula is C17H25N3O2. The summed E-state index contributed by atoms with van der Waals surface area (Å²) in [6.07, 6.45) is 2.20. The van der Waals surface area contributed by atoms with E-state index in [9.17, 15) is 9.59 Å². The molecule has 1 heterocycles. The van der Waals surface area contributed by atoms with Crippen LogP contribution in [-0.2, 0) is 4.79 Å². The van der Waals surface area contributed by atoms with Gasteiger partial charge in [0.25, 0.3) is 0 Å². The van der Waals surface area contributed by atoms with E-state index in [0.29, 0.717) is 23.7 Å². The molecule has 0 bridgehead atoms. The third kappa shape index (κ3) is 4.39. The maximum atomic E-state index is 12.2. The average molecular weight is 303 g/mol. The highest BCUT2D eigenvalue weighted by atomic mass is 16.2. The van der Waals surface area contributed by atoms with Gasteiger partial charge in [-0.25, -0.2) is 0 Å². The fourth-order valence-electron chi connectivity index (χ4n) is 2.96.